The molecule has 0 saturated carbocycles. The van der Waals surface area contributed by atoms with Crippen LogP contribution < -0.4 is 0 Å². The molecule has 0 amide bonds. The van der Waals surface area contributed by atoms with Gasteiger partial charge in [0.2, 0.25) is 0 Å². The zero-order chi connectivity index (χ0) is 52.6. The van der Waals surface area contributed by atoms with Crippen LogP contribution in [0.1, 0.15) is 25.0 Å². The molecule has 0 nitrogen and oxygen atoms in total. The summed E-state index contributed by atoms with van der Waals surface area (Å²) in [5.74, 6) is 0. The molecule has 79 heavy (non-hydrogen) atoms. The van der Waals surface area contributed by atoms with Crippen molar-refractivity contribution in [2.75, 3.05) is 0 Å². The lowest BCUT2D eigenvalue weighted by molar-refractivity contribution is 0.661. The van der Waals surface area contributed by atoms with Gasteiger partial charge in [0.25, 0.3) is 0 Å². The van der Waals surface area contributed by atoms with Crippen LogP contribution in [0.25, 0.3) is 143 Å². The van der Waals surface area contributed by atoms with Crippen molar-refractivity contribution >= 4 is 43.1 Å². The van der Waals surface area contributed by atoms with Crippen molar-refractivity contribution in [2.24, 2.45) is 0 Å². The van der Waals surface area contributed by atoms with Crippen molar-refractivity contribution in [1.29, 1.82) is 0 Å². The highest BCUT2D eigenvalue weighted by molar-refractivity contribution is 6.23. The van der Waals surface area contributed by atoms with Gasteiger partial charge >= 0.3 is 0 Å². The van der Waals surface area contributed by atoms with E-state index >= 15 is 0 Å². The zero-order valence-corrected chi connectivity index (χ0v) is 44.2. The first-order valence-corrected chi connectivity index (χ1v) is 27.6. The molecule has 0 N–H and O–H groups in total. The zero-order valence-electron chi connectivity index (χ0n) is 44.2. The molecule has 14 aromatic rings. The Bertz CT molecular complexity index is 4240. The lowest BCUT2D eigenvalue weighted by atomic mass is 9.80. The Kier molecular flexibility index (Phi) is 11.0. The number of fused-ring (bicyclic) bond motifs is 7. The van der Waals surface area contributed by atoms with E-state index in [0.29, 0.717) is 0 Å². The highest BCUT2D eigenvalue weighted by Crippen LogP contribution is 2.52. The molecule has 14 aromatic carbocycles. The van der Waals surface area contributed by atoms with Crippen LogP contribution in [0.3, 0.4) is 0 Å². The van der Waals surface area contributed by atoms with Crippen molar-refractivity contribution in [2.45, 2.75) is 19.3 Å². The second kappa shape index (κ2) is 18.7. The maximum Gasteiger partial charge on any atom is 0.0159 e. The first kappa shape index (κ1) is 46.4. The lowest BCUT2D eigenvalue weighted by Gasteiger charge is -2.23. The summed E-state index contributed by atoms with van der Waals surface area (Å²) in [6.07, 6.45) is 0. The van der Waals surface area contributed by atoms with Crippen molar-refractivity contribution in [3.05, 3.63) is 302 Å². The van der Waals surface area contributed by atoms with E-state index in [0.717, 1.165) is 0 Å². The molecule has 0 aliphatic heterocycles. The fourth-order valence-corrected chi connectivity index (χ4v) is 13.2. The molecule has 0 unspecified atom stereocenters. The molecule has 0 atom stereocenters. The van der Waals surface area contributed by atoms with Crippen LogP contribution in [-0.2, 0) is 5.41 Å². The van der Waals surface area contributed by atoms with Crippen LogP contribution in [0.15, 0.2) is 291 Å². The molecule has 0 fully saturated rings. The molecular formula is C79H54. The third kappa shape index (κ3) is 7.74. The molecule has 0 aromatic heterocycles. The Morgan fingerprint density at radius 3 is 0.620 bits per heavy atom. The van der Waals surface area contributed by atoms with Crippen molar-refractivity contribution < 1.29 is 0 Å². The number of benzene rings is 14. The largest absolute Gasteiger partial charge is 0.0622 e. The summed E-state index contributed by atoms with van der Waals surface area (Å²) in [4.78, 5) is 0. The molecule has 1 aliphatic carbocycles. The quantitative estimate of drug-likeness (QED) is 0.133. The number of hydrogen-bond acceptors (Lipinski definition) is 0. The van der Waals surface area contributed by atoms with Gasteiger partial charge in [0.1, 0.15) is 0 Å². The third-order valence-corrected chi connectivity index (χ3v) is 17.1. The van der Waals surface area contributed by atoms with E-state index in [4.69, 9.17) is 0 Å². The Labute approximate surface area is 462 Å². The maximum atomic E-state index is 2.45. The van der Waals surface area contributed by atoms with E-state index in [1.165, 1.54) is 154 Å². The van der Waals surface area contributed by atoms with Gasteiger partial charge in [0.15, 0.2) is 0 Å². The van der Waals surface area contributed by atoms with E-state index < -0.39 is 0 Å². The van der Waals surface area contributed by atoms with Gasteiger partial charge in [-0.1, -0.05) is 293 Å². The minimum absolute atomic E-state index is 0.181. The van der Waals surface area contributed by atoms with Gasteiger partial charge < -0.3 is 0 Å². The summed E-state index contributed by atoms with van der Waals surface area (Å²) < 4.78 is 0. The van der Waals surface area contributed by atoms with E-state index in [1.807, 2.05) is 0 Å². The topological polar surface area (TPSA) is 0 Å². The minimum Gasteiger partial charge on any atom is -0.0622 e. The predicted molar refractivity (Wildman–Crippen MR) is 338 cm³/mol. The van der Waals surface area contributed by atoms with Crippen LogP contribution in [0.2, 0.25) is 0 Å². The SMILES string of the molecule is CC1(C)c2cc(-c3ccc(-c4c5ccccc5c(-c5ccc(-c6ccccc6)cc5)c5ccccc45)cc3)ccc2-c2ccc(-c3ccc(-c4c5ccccc5c(-c5ccc(-c6ccccc6)cc5)c5ccccc45)cc3)cc21. The van der Waals surface area contributed by atoms with Gasteiger partial charge in [-0.2, -0.15) is 0 Å². The average molecular weight is 1000 g/mol. The van der Waals surface area contributed by atoms with Gasteiger partial charge in [0.05, 0.1) is 0 Å². The fraction of sp³-hybridized carbons (Fsp3) is 0.0380. The summed E-state index contributed by atoms with van der Waals surface area (Å²) in [7, 11) is 0. The van der Waals surface area contributed by atoms with Gasteiger partial charge in [-0.25, -0.2) is 0 Å². The average Bonchev–Trinajstić information content (AvgIpc) is 3.97. The highest BCUT2D eigenvalue weighted by Gasteiger charge is 2.36. The Balaban J connectivity index is 0.731. The van der Waals surface area contributed by atoms with E-state index in [2.05, 4.69) is 305 Å². The minimum atomic E-state index is -0.181. The Morgan fingerprint density at radius 1 is 0.177 bits per heavy atom. The second-order valence-electron chi connectivity index (χ2n) is 21.9. The molecule has 0 heterocycles. The van der Waals surface area contributed by atoms with E-state index in [9.17, 15) is 0 Å². The first-order valence-electron chi connectivity index (χ1n) is 27.6. The Hall–Kier alpha value is -9.88. The van der Waals surface area contributed by atoms with Gasteiger partial charge in [0, 0.05) is 5.41 Å². The summed E-state index contributed by atoms with van der Waals surface area (Å²) in [5, 5.41) is 10.1. The van der Waals surface area contributed by atoms with Crippen LogP contribution in [0.5, 0.6) is 0 Å². The summed E-state index contributed by atoms with van der Waals surface area (Å²) in [6.45, 7) is 4.79. The molecule has 15 rings (SSSR count). The molecule has 1 aliphatic rings. The second-order valence-corrected chi connectivity index (χ2v) is 21.9. The summed E-state index contributed by atoms with van der Waals surface area (Å²) in [6, 6.07) is 108. The maximum absolute atomic E-state index is 2.45. The molecule has 0 radical (unpaired) electrons. The molecule has 0 bridgehead atoms. The van der Waals surface area contributed by atoms with Crippen LogP contribution in [-0.4, -0.2) is 0 Å². The van der Waals surface area contributed by atoms with Gasteiger partial charge in [-0.05, 0) is 166 Å². The molecule has 0 saturated heterocycles. The van der Waals surface area contributed by atoms with Crippen molar-refractivity contribution in [3.8, 4) is 100 Å². The molecule has 370 valence electrons. The van der Waals surface area contributed by atoms with Crippen molar-refractivity contribution in [3.63, 3.8) is 0 Å². The number of rotatable bonds is 8. The normalized spacial score (nSPS) is 12.5. The molecule has 0 spiro atoms. The van der Waals surface area contributed by atoms with E-state index in [1.54, 1.807) is 0 Å². The van der Waals surface area contributed by atoms with Gasteiger partial charge in [-0.3, -0.25) is 0 Å². The third-order valence-electron chi connectivity index (χ3n) is 17.1. The molecular weight excluding hydrogens is 949 g/mol. The van der Waals surface area contributed by atoms with Crippen LogP contribution in [0, 0.1) is 0 Å². The smallest absolute Gasteiger partial charge is 0.0159 e. The monoisotopic (exact) mass is 1000 g/mol. The molecule has 0 heteroatoms. The van der Waals surface area contributed by atoms with Crippen molar-refractivity contribution in [1.82, 2.24) is 0 Å². The van der Waals surface area contributed by atoms with Crippen LogP contribution >= 0.6 is 0 Å². The Morgan fingerprint density at radius 2 is 0.367 bits per heavy atom. The predicted octanol–water partition coefficient (Wildman–Crippen LogP) is 21.9. The summed E-state index contributed by atoms with van der Waals surface area (Å²) in [5.41, 5.74) is 25.0. The standard InChI is InChI=1S/C79H54/c1-79(2)73-49-61(55-33-41-59(42-34-55)77-69-25-13-9-21-65(69)75(66-22-10-14-26-70(66)77)57-37-29-53(30-38-57)51-17-5-3-6-18-51)45-47-63(73)64-48-46-62(50-74(64)79)56-35-43-60(44-36-56)78-71-27-15-11-23-67(71)76(68-24-12-16-28-72(68)78)58-39-31-54(32-40-58)52-19-7-4-8-20-52/h3-50H,1-2H3. The first-order chi connectivity index (χ1) is 38.9. The van der Waals surface area contributed by atoms with Gasteiger partial charge in [-0.15, -0.1) is 0 Å². The fourth-order valence-electron chi connectivity index (χ4n) is 13.2. The summed E-state index contributed by atoms with van der Waals surface area (Å²) >= 11 is 0. The van der Waals surface area contributed by atoms with E-state index in [-0.39, 0.29) is 5.41 Å². The highest BCUT2D eigenvalue weighted by atomic mass is 14.4. The number of hydrogen-bond donors (Lipinski definition) is 0. The lowest BCUT2D eigenvalue weighted by Crippen LogP contribution is -2.15. The van der Waals surface area contributed by atoms with Crippen LogP contribution in [0.4, 0.5) is 0 Å².